The van der Waals surface area contributed by atoms with Crippen molar-refractivity contribution in [1.82, 2.24) is 15.1 Å². The van der Waals surface area contributed by atoms with E-state index in [0.29, 0.717) is 32.1 Å². The molecular weight excluding hydrogens is 321 g/mol. The first kappa shape index (κ1) is 17.9. The van der Waals surface area contributed by atoms with Crippen LogP contribution in [0.3, 0.4) is 0 Å². The summed E-state index contributed by atoms with van der Waals surface area (Å²) in [5, 5.41) is 2.80. The van der Waals surface area contributed by atoms with Crippen molar-refractivity contribution in [3.63, 3.8) is 0 Å². The monoisotopic (exact) mass is 347 g/mol. The number of hydrogen-bond acceptors (Lipinski definition) is 3. The molecule has 3 rings (SSSR count). The van der Waals surface area contributed by atoms with E-state index in [2.05, 4.69) is 10.2 Å². The lowest BCUT2D eigenvalue weighted by molar-refractivity contribution is -0.128. The third-order valence-corrected chi connectivity index (χ3v) is 5.46. The predicted molar refractivity (Wildman–Crippen MR) is 93.7 cm³/mol. The molecule has 1 unspecified atom stereocenters. The van der Waals surface area contributed by atoms with Crippen LogP contribution in [0.25, 0.3) is 0 Å². The van der Waals surface area contributed by atoms with Gasteiger partial charge in [-0.3, -0.25) is 14.5 Å². The van der Waals surface area contributed by atoms with Crippen molar-refractivity contribution < 1.29 is 14.0 Å². The van der Waals surface area contributed by atoms with Crippen LogP contribution >= 0.6 is 0 Å². The SMILES string of the molecule is CNC(=O)C(C1CCCC1)N1CCN(C(=O)c2ccccc2F)CC1. The molecule has 1 saturated carbocycles. The predicted octanol–water partition coefficient (Wildman–Crippen LogP) is 1.89. The highest BCUT2D eigenvalue weighted by molar-refractivity contribution is 5.94. The second kappa shape index (κ2) is 7.95. The molecule has 136 valence electrons. The molecule has 1 N–H and O–H groups in total. The van der Waals surface area contributed by atoms with Gasteiger partial charge in [-0.15, -0.1) is 0 Å². The van der Waals surface area contributed by atoms with Crippen LogP contribution < -0.4 is 5.32 Å². The number of amides is 2. The Labute approximate surface area is 148 Å². The summed E-state index contributed by atoms with van der Waals surface area (Å²) in [6.07, 6.45) is 4.55. The molecule has 1 heterocycles. The van der Waals surface area contributed by atoms with Crippen LogP contribution in [0.1, 0.15) is 36.0 Å². The Hall–Kier alpha value is -1.95. The molecule has 1 aromatic carbocycles. The van der Waals surface area contributed by atoms with E-state index in [-0.39, 0.29) is 23.4 Å². The number of nitrogens with zero attached hydrogens (tertiary/aromatic N) is 2. The van der Waals surface area contributed by atoms with Crippen LogP contribution in [0.4, 0.5) is 4.39 Å². The van der Waals surface area contributed by atoms with Crippen LogP contribution in [0.2, 0.25) is 0 Å². The van der Waals surface area contributed by atoms with Gasteiger partial charge in [0.05, 0.1) is 11.6 Å². The van der Waals surface area contributed by atoms with Crippen molar-refractivity contribution >= 4 is 11.8 Å². The molecule has 1 atom stereocenters. The number of halogens is 1. The number of piperazine rings is 1. The fourth-order valence-corrected chi connectivity index (χ4v) is 4.11. The van der Waals surface area contributed by atoms with Gasteiger partial charge < -0.3 is 10.2 Å². The smallest absolute Gasteiger partial charge is 0.256 e. The van der Waals surface area contributed by atoms with E-state index in [1.807, 2.05) is 0 Å². The van der Waals surface area contributed by atoms with Crippen molar-refractivity contribution in [3.8, 4) is 0 Å². The van der Waals surface area contributed by atoms with E-state index in [0.717, 1.165) is 12.8 Å². The van der Waals surface area contributed by atoms with Crippen molar-refractivity contribution in [1.29, 1.82) is 0 Å². The summed E-state index contributed by atoms with van der Waals surface area (Å²) in [6, 6.07) is 5.98. The zero-order chi connectivity index (χ0) is 17.8. The maximum atomic E-state index is 13.8. The Kier molecular flexibility index (Phi) is 5.68. The van der Waals surface area contributed by atoms with E-state index in [4.69, 9.17) is 0 Å². The Balaban J connectivity index is 1.65. The molecule has 5 nitrogen and oxygen atoms in total. The number of likely N-dealkylation sites (N-methyl/N-ethyl adjacent to an activating group) is 1. The summed E-state index contributed by atoms with van der Waals surface area (Å²) in [7, 11) is 1.68. The molecule has 0 radical (unpaired) electrons. The number of rotatable bonds is 4. The van der Waals surface area contributed by atoms with E-state index < -0.39 is 5.82 Å². The summed E-state index contributed by atoms with van der Waals surface area (Å²) in [4.78, 5) is 28.8. The van der Waals surface area contributed by atoms with Crippen LogP contribution in [0, 0.1) is 11.7 Å². The van der Waals surface area contributed by atoms with E-state index >= 15 is 0 Å². The Bertz CT molecular complexity index is 623. The summed E-state index contributed by atoms with van der Waals surface area (Å²) < 4.78 is 13.8. The second-order valence-corrected chi connectivity index (χ2v) is 6.91. The van der Waals surface area contributed by atoms with E-state index in [9.17, 15) is 14.0 Å². The van der Waals surface area contributed by atoms with Gasteiger partial charge in [0, 0.05) is 33.2 Å². The topological polar surface area (TPSA) is 52.7 Å². The molecule has 1 aromatic rings. The first-order chi connectivity index (χ1) is 12.1. The number of carbonyl (C=O) groups is 2. The molecule has 25 heavy (non-hydrogen) atoms. The minimum Gasteiger partial charge on any atom is -0.358 e. The fraction of sp³-hybridized carbons (Fsp3) is 0.579. The summed E-state index contributed by atoms with van der Waals surface area (Å²) in [5.74, 6) is -0.284. The van der Waals surface area contributed by atoms with Crippen LogP contribution in [-0.2, 0) is 4.79 Å². The van der Waals surface area contributed by atoms with Gasteiger partial charge >= 0.3 is 0 Å². The third-order valence-electron chi connectivity index (χ3n) is 5.46. The average Bonchev–Trinajstić information content (AvgIpc) is 3.16. The van der Waals surface area contributed by atoms with Crippen molar-refractivity contribution in [3.05, 3.63) is 35.6 Å². The molecule has 1 saturated heterocycles. The second-order valence-electron chi connectivity index (χ2n) is 6.91. The van der Waals surface area contributed by atoms with Gasteiger partial charge in [-0.2, -0.15) is 0 Å². The molecule has 0 bridgehead atoms. The minimum absolute atomic E-state index is 0.0702. The van der Waals surface area contributed by atoms with Gasteiger partial charge in [0.1, 0.15) is 5.82 Å². The molecular formula is C19H26FN3O2. The van der Waals surface area contributed by atoms with Crippen LogP contribution in [0.15, 0.2) is 24.3 Å². The molecule has 6 heteroatoms. The van der Waals surface area contributed by atoms with Gasteiger partial charge in [-0.1, -0.05) is 25.0 Å². The molecule has 1 aliphatic heterocycles. The first-order valence-corrected chi connectivity index (χ1v) is 9.11. The Morgan fingerprint density at radius 1 is 1.12 bits per heavy atom. The number of hydrogen-bond donors (Lipinski definition) is 1. The quantitative estimate of drug-likeness (QED) is 0.905. The lowest BCUT2D eigenvalue weighted by atomic mass is 9.95. The first-order valence-electron chi connectivity index (χ1n) is 9.11. The normalized spacial score (nSPS) is 20.5. The van der Waals surface area contributed by atoms with Crippen LogP contribution in [0.5, 0.6) is 0 Å². The van der Waals surface area contributed by atoms with Gasteiger partial charge in [-0.05, 0) is 30.9 Å². The van der Waals surface area contributed by atoms with Gasteiger partial charge in [0.25, 0.3) is 5.91 Å². The minimum atomic E-state index is -0.482. The van der Waals surface area contributed by atoms with E-state index in [1.165, 1.54) is 25.0 Å². The Morgan fingerprint density at radius 2 is 1.76 bits per heavy atom. The zero-order valence-corrected chi connectivity index (χ0v) is 14.7. The van der Waals surface area contributed by atoms with Crippen molar-refractivity contribution in [2.24, 2.45) is 5.92 Å². The summed E-state index contributed by atoms with van der Waals surface area (Å²) in [6.45, 7) is 2.34. The van der Waals surface area contributed by atoms with Gasteiger partial charge in [0.2, 0.25) is 5.91 Å². The maximum Gasteiger partial charge on any atom is 0.256 e. The number of benzene rings is 1. The molecule has 0 aromatic heterocycles. The highest BCUT2D eigenvalue weighted by Gasteiger charge is 2.37. The number of carbonyl (C=O) groups excluding carboxylic acids is 2. The lowest BCUT2D eigenvalue weighted by Crippen LogP contribution is -2.57. The largest absolute Gasteiger partial charge is 0.358 e. The highest BCUT2D eigenvalue weighted by Crippen LogP contribution is 2.31. The molecule has 1 aliphatic carbocycles. The maximum absolute atomic E-state index is 13.8. The van der Waals surface area contributed by atoms with Gasteiger partial charge in [0.15, 0.2) is 0 Å². The van der Waals surface area contributed by atoms with E-state index in [1.54, 1.807) is 24.1 Å². The Morgan fingerprint density at radius 3 is 2.36 bits per heavy atom. The van der Waals surface area contributed by atoms with Crippen molar-refractivity contribution in [2.45, 2.75) is 31.7 Å². The summed E-state index contributed by atoms with van der Waals surface area (Å²) in [5.41, 5.74) is 0.120. The molecule has 0 spiro atoms. The highest BCUT2D eigenvalue weighted by atomic mass is 19.1. The third kappa shape index (κ3) is 3.84. The average molecular weight is 347 g/mol. The van der Waals surface area contributed by atoms with Crippen LogP contribution in [-0.4, -0.2) is 60.9 Å². The van der Waals surface area contributed by atoms with Crippen molar-refractivity contribution in [2.75, 3.05) is 33.2 Å². The molecule has 2 amide bonds. The zero-order valence-electron chi connectivity index (χ0n) is 14.7. The van der Waals surface area contributed by atoms with Gasteiger partial charge in [-0.25, -0.2) is 4.39 Å². The number of nitrogens with one attached hydrogen (secondary N) is 1. The lowest BCUT2D eigenvalue weighted by Gasteiger charge is -2.40. The molecule has 2 fully saturated rings. The summed E-state index contributed by atoms with van der Waals surface area (Å²) >= 11 is 0. The molecule has 2 aliphatic rings. The standard InChI is InChI=1S/C19H26FN3O2/c1-21-18(24)17(14-6-2-3-7-14)22-10-12-23(13-11-22)19(25)15-8-4-5-9-16(15)20/h4-5,8-9,14,17H,2-3,6-7,10-13H2,1H3,(H,21,24). The fourth-order valence-electron chi connectivity index (χ4n) is 4.11.